The van der Waals surface area contributed by atoms with E-state index in [0.29, 0.717) is 5.69 Å². The minimum Gasteiger partial charge on any atom is -0.381 e. The van der Waals surface area contributed by atoms with Gasteiger partial charge in [0.05, 0.1) is 5.69 Å². The molecule has 0 amide bonds. The lowest BCUT2D eigenvalue weighted by molar-refractivity contribution is 0.359. The number of sulfonamides is 1. The number of nitrogens with two attached hydrogens (primary N) is 1. The lowest BCUT2D eigenvalue weighted by Crippen LogP contribution is -2.31. The predicted molar refractivity (Wildman–Crippen MR) is 70.4 cm³/mol. The van der Waals surface area contributed by atoms with Crippen LogP contribution in [-0.2, 0) is 10.0 Å². The Morgan fingerprint density at radius 2 is 1.76 bits per heavy atom. The van der Waals surface area contributed by atoms with Gasteiger partial charge in [0.25, 0.3) is 0 Å². The molecule has 1 rings (SSSR count). The summed E-state index contributed by atoms with van der Waals surface area (Å²) >= 11 is 0. The molecule has 96 valence electrons. The van der Waals surface area contributed by atoms with E-state index < -0.39 is 10.0 Å². The SMILES string of the molecule is CC(Nc1ccccc1S(N)(=O)=O)C(C)(C)C. The van der Waals surface area contributed by atoms with Gasteiger partial charge >= 0.3 is 0 Å². The van der Waals surface area contributed by atoms with E-state index in [2.05, 4.69) is 26.1 Å². The van der Waals surface area contributed by atoms with Crippen molar-refractivity contribution in [2.75, 3.05) is 5.32 Å². The molecule has 1 atom stereocenters. The van der Waals surface area contributed by atoms with Gasteiger partial charge in [0, 0.05) is 6.04 Å². The maximum Gasteiger partial charge on any atom is 0.240 e. The van der Waals surface area contributed by atoms with Crippen molar-refractivity contribution in [2.24, 2.45) is 10.6 Å². The van der Waals surface area contributed by atoms with Crippen LogP contribution in [0.5, 0.6) is 0 Å². The molecule has 4 nitrogen and oxygen atoms in total. The highest BCUT2D eigenvalue weighted by atomic mass is 32.2. The Labute approximate surface area is 103 Å². The van der Waals surface area contributed by atoms with Crippen molar-refractivity contribution in [2.45, 2.75) is 38.6 Å². The summed E-state index contributed by atoms with van der Waals surface area (Å²) in [5, 5.41) is 8.37. The van der Waals surface area contributed by atoms with Crippen molar-refractivity contribution in [3.63, 3.8) is 0 Å². The third-order valence-corrected chi connectivity index (χ3v) is 3.83. The van der Waals surface area contributed by atoms with Gasteiger partial charge in [-0.1, -0.05) is 32.9 Å². The number of primary sulfonamides is 1. The van der Waals surface area contributed by atoms with Gasteiger partial charge in [-0.05, 0) is 24.5 Å². The summed E-state index contributed by atoms with van der Waals surface area (Å²) in [6.45, 7) is 8.28. The fourth-order valence-corrected chi connectivity index (χ4v) is 1.99. The minimum atomic E-state index is -3.69. The van der Waals surface area contributed by atoms with Crippen molar-refractivity contribution in [3.8, 4) is 0 Å². The van der Waals surface area contributed by atoms with Gasteiger partial charge in [-0.2, -0.15) is 0 Å². The zero-order valence-corrected chi connectivity index (χ0v) is 11.5. The van der Waals surface area contributed by atoms with E-state index in [1.165, 1.54) is 6.07 Å². The average Bonchev–Trinajstić information content (AvgIpc) is 2.15. The van der Waals surface area contributed by atoms with Crippen molar-refractivity contribution in [3.05, 3.63) is 24.3 Å². The second kappa shape index (κ2) is 4.66. The molecule has 3 N–H and O–H groups in total. The molecule has 1 aromatic carbocycles. The van der Waals surface area contributed by atoms with E-state index in [4.69, 9.17) is 5.14 Å². The lowest BCUT2D eigenvalue weighted by Gasteiger charge is -2.29. The molecule has 5 heteroatoms. The molecular weight excluding hydrogens is 236 g/mol. The highest BCUT2D eigenvalue weighted by Gasteiger charge is 2.22. The first-order valence-corrected chi connectivity index (χ1v) is 7.05. The molecule has 17 heavy (non-hydrogen) atoms. The van der Waals surface area contributed by atoms with E-state index in [9.17, 15) is 8.42 Å². The van der Waals surface area contributed by atoms with Crippen LogP contribution in [0.15, 0.2) is 29.2 Å². The second-order valence-electron chi connectivity index (χ2n) is 5.27. The monoisotopic (exact) mass is 256 g/mol. The number of anilines is 1. The summed E-state index contributed by atoms with van der Waals surface area (Å²) in [6, 6.07) is 6.80. The fourth-order valence-electron chi connectivity index (χ4n) is 1.28. The molecule has 0 aliphatic heterocycles. The first-order valence-electron chi connectivity index (χ1n) is 5.51. The number of benzene rings is 1. The standard InChI is InChI=1S/C12H20N2O2S/c1-9(12(2,3)4)14-10-7-5-6-8-11(10)17(13,15)16/h5-9,14H,1-4H3,(H2,13,15,16). The molecule has 0 saturated heterocycles. The zero-order chi connectivity index (χ0) is 13.3. The van der Waals surface area contributed by atoms with E-state index in [0.717, 1.165) is 0 Å². The molecule has 0 bridgehead atoms. The van der Waals surface area contributed by atoms with E-state index >= 15 is 0 Å². The van der Waals surface area contributed by atoms with Crippen molar-refractivity contribution in [1.29, 1.82) is 0 Å². The third kappa shape index (κ3) is 3.71. The van der Waals surface area contributed by atoms with Crippen LogP contribution in [-0.4, -0.2) is 14.5 Å². The van der Waals surface area contributed by atoms with Gasteiger partial charge in [-0.25, -0.2) is 13.6 Å². The van der Waals surface area contributed by atoms with Crippen LogP contribution in [0.25, 0.3) is 0 Å². The molecule has 0 aliphatic carbocycles. The minimum absolute atomic E-state index is 0.0332. The van der Waals surface area contributed by atoms with Crippen LogP contribution in [0.2, 0.25) is 0 Å². The van der Waals surface area contributed by atoms with Gasteiger partial charge in [-0.15, -0.1) is 0 Å². The van der Waals surface area contributed by atoms with Gasteiger partial charge in [0.2, 0.25) is 10.0 Å². The Morgan fingerprint density at radius 3 is 2.24 bits per heavy atom. The quantitative estimate of drug-likeness (QED) is 0.870. The molecular formula is C12H20N2O2S. The Balaban J connectivity index is 3.09. The first-order chi connectivity index (χ1) is 7.62. The molecule has 1 unspecified atom stereocenters. The smallest absolute Gasteiger partial charge is 0.240 e. The Bertz CT molecular complexity index is 489. The van der Waals surface area contributed by atoms with Gasteiger partial charge in [-0.3, -0.25) is 0 Å². The van der Waals surface area contributed by atoms with Crippen LogP contribution >= 0.6 is 0 Å². The maximum atomic E-state index is 11.4. The number of hydrogen-bond donors (Lipinski definition) is 2. The van der Waals surface area contributed by atoms with Crippen LogP contribution in [0.3, 0.4) is 0 Å². The zero-order valence-electron chi connectivity index (χ0n) is 10.7. The topological polar surface area (TPSA) is 72.2 Å². The van der Waals surface area contributed by atoms with E-state index in [1.54, 1.807) is 18.2 Å². The van der Waals surface area contributed by atoms with Gasteiger partial charge in [0.15, 0.2) is 0 Å². The molecule has 0 aliphatic rings. The Morgan fingerprint density at radius 1 is 1.24 bits per heavy atom. The van der Waals surface area contributed by atoms with Gasteiger partial charge in [0.1, 0.15) is 4.90 Å². The Hall–Kier alpha value is -1.07. The molecule has 0 heterocycles. The highest BCUT2D eigenvalue weighted by molar-refractivity contribution is 7.89. The number of nitrogens with one attached hydrogen (secondary N) is 1. The molecule has 0 radical (unpaired) electrons. The van der Waals surface area contributed by atoms with Crippen LogP contribution in [0.1, 0.15) is 27.7 Å². The number of rotatable bonds is 3. The summed E-state index contributed by atoms with van der Waals surface area (Å²) in [7, 11) is -3.69. The fraction of sp³-hybridized carbons (Fsp3) is 0.500. The molecule has 0 fully saturated rings. The van der Waals surface area contributed by atoms with Crippen molar-refractivity contribution >= 4 is 15.7 Å². The second-order valence-corrected chi connectivity index (χ2v) is 6.80. The molecule has 0 spiro atoms. The largest absolute Gasteiger partial charge is 0.381 e. The molecule has 1 aromatic rings. The molecule has 0 saturated carbocycles. The molecule has 0 aromatic heterocycles. The number of hydrogen-bond acceptors (Lipinski definition) is 3. The first kappa shape index (κ1) is 14.0. The maximum absolute atomic E-state index is 11.4. The summed E-state index contributed by atoms with van der Waals surface area (Å²) < 4.78 is 22.8. The van der Waals surface area contributed by atoms with Crippen LogP contribution in [0, 0.1) is 5.41 Å². The summed E-state index contributed by atoms with van der Waals surface area (Å²) in [6.07, 6.45) is 0. The predicted octanol–water partition coefficient (Wildman–Crippen LogP) is 2.18. The van der Waals surface area contributed by atoms with E-state index in [-0.39, 0.29) is 16.4 Å². The summed E-state index contributed by atoms with van der Waals surface area (Å²) in [5.41, 5.74) is 0.586. The Kier molecular flexibility index (Phi) is 3.84. The van der Waals surface area contributed by atoms with E-state index in [1.807, 2.05) is 6.92 Å². The van der Waals surface area contributed by atoms with Crippen molar-refractivity contribution in [1.82, 2.24) is 0 Å². The highest BCUT2D eigenvalue weighted by Crippen LogP contribution is 2.26. The van der Waals surface area contributed by atoms with Crippen LogP contribution in [0.4, 0.5) is 5.69 Å². The normalized spacial score (nSPS) is 14.4. The summed E-state index contributed by atoms with van der Waals surface area (Å²) in [5.74, 6) is 0. The average molecular weight is 256 g/mol. The van der Waals surface area contributed by atoms with Crippen LogP contribution < -0.4 is 10.5 Å². The van der Waals surface area contributed by atoms with Gasteiger partial charge < -0.3 is 5.32 Å². The number of para-hydroxylation sites is 1. The third-order valence-electron chi connectivity index (χ3n) is 2.86. The lowest BCUT2D eigenvalue weighted by atomic mass is 9.88. The van der Waals surface area contributed by atoms with Crippen molar-refractivity contribution < 1.29 is 8.42 Å². The summed E-state index contributed by atoms with van der Waals surface area (Å²) in [4.78, 5) is 0.135.